The van der Waals surface area contributed by atoms with Crippen LogP contribution in [0.3, 0.4) is 0 Å². The maximum atomic E-state index is 4.57. The molecule has 1 N–H and O–H groups in total. The Kier molecular flexibility index (Phi) is 9.90. The van der Waals surface area contributed by atoms with Crippen molar-refractivity contribution in [3.05, 3.63) is 59.7 Å². The van der Waals surface area contributed by atoms with Gasteiger partial charge in [-0.3, -0.25) is 9.98 Å². The molecule has 7 heteroatoms. The summed E-state index contributed by atoms with van der Waals surface area (Å²) in [7, 11) is 0. The number of aliphatic imine (C=N–C) groups is 2. The second-order valence-corrected chi connectivity index (χ2v) is 10.8. The second kappa shape index (κ2) is 12.9. The smallest absolute Gasteiger partial charge is 0.183 e. The van der Waals surface area contributed by atoms with Gasteiger partial charge in [-0.2, -0.15) is 0 Å². The van der Waals surface area contributed by atoms with Gasteiger partial charge in [0, 0.05) is 31.1 Å². The molecule has 31 heavy (non-hydrogen) atoms. The number of thioether (sulfide) groups is 2. The van der Waals surface area contributed by atoms with Gasteiger partial charge in [-0.05, 0) is 44.9 Å². The van der Waals surface area contributed by atoms with E-state index in [-0.39, 0.29) is 0 Å². The number of aryl methyl sites for hydroxylation is 1. The number of anilines is 1. The zero-order valence-corrected chi connectivity index (χ0v) is 20.9. The number of benzene rings is 2. The summed E-state index contributed by atoms with van der Waals surface area (Å²) in [5.41, 5.74) is 3.74. The number of nitrogens with zero attached hydrogens (tertiary/aromatic N) is 3. The van der Waals surface area contributed by atoms with E-state index < -0.39 is 0 Å². The fourth-order valence-corrected chi connectivity index (χ4v) is 5.11. The van der Waals surface area contributed by atoms with Crippen molar-refractivity contribution in [1.29, 1.82) is 0 Å². The van der Waals surface area contributed by atoms with E-state index in [9.17, 15) is 0 Å². The van der Waals surface area contributed by atoms with Gasteiger partial charge >= 0.3 is 0 Å². The molecular weight excluding hydrogens is 440 g/mol. The third-order valence-corrected chi connectivity index (χ3v) is 7.44. The van der Waals surface area contributed by atoms with Gasteiger partial charge < -0.3 is 5.32 Å². The topological polar surface area (TPSA) is 49.6 Å². The summed E-state index contributed by atoms with van der Waals surface area (Å²) in [6, 6.07) is 16.9. The number of aromatic nitrogens is 1. The number of hydrogen-bond donors (Lipinski definition) is 1. The van der Waals surface area contributed by atoms with Crippen molar-refractivity contribution in [1.82, 2.24) is 4.98 Å². The highest BCUT2D eigenvalue weighted by Gasteiger charge is 2.02. The van der Waals surface area contributed by atoms with Gasteiger partial charge in [0.15, 0.2) is 5.13 Å². The largest absolute Gasteiger partial charge is 0.361 e. The lowest BCUT2D eigenvalue weighted by atomic mass is 10.1. The fourth-order valence-electron chi connectivity index (χ4n) is 2.90. The molecule has 2 aliphatic rings. The number of thiazole rings is 1. The van der Waals surface area contributed by atoms with E-state index in [2.05, 4.69) is 83.5 Å². The minimum absolute atomic E-state index is 0.920. The maximum Gasteiger partial charge on any atom is 0.183 e. The molecule has 5 rings (SSSR count). The lowest BCUT2D eigenvalue weighted by Gasteiger charge is -2.03. The molecule has 0 radical (unpaired) electrons. The summed E-state index contributed by atoms with van der Waals surface area (Å²) in [5.74, 6) is 2.40. The fraction of sp³-hybridized carbons (Fsp3) is 0.375. The molecule has 3 heterocycles. The lowest BCUT2D eigenvalue weighted by molar-refractivity contribution is 1.02. The van der Waals surface area contributed by atoms with Crippen molar-refractivity contribution in [2.45, 2.75) is 27.2 Å². The zero-order chi connectivity index (χ0) is 21.9. The molecule has 0 atom stereocenters. The van der Waals surface area contributed by atoms with Crippen LogP contribution in [0.2, 0.25) is 0 Å². The first-order valence-corrected chi connectivity index (χ1v) is 13.3. The minimum Gasteiger partial charge on any atom is -0.361 e. The number of para-hydroxylation sites is 1. The van der Waals surface area contributed by atoms with E-state index >= 15 is 0 Å². The Morgan fingerprint density at radius 2 is 1.48 bits per heavy atom. The molecule has 0 saturated heterocycles. The monoisotopic (exact) mass is 470 g/mol. The highest BCUT2D eigenvalue weighted by molar-refractivity contribution is 8.14. The number of hydrogen-bond acceptors (Lipinski definition) is 7. The van der Waals surface area contributed by atoms with Gasteiger partial charge in [-0.1, -0.05) is 53.3 Å². The molecule has 0 spiro atoms. The summed E-state index contributed by atoms with van der Waals surface area (Å²) in [5, 5.41) is 6.90. The Hall–Kier alpha value is -1.83. The molecular formula is C24H30N4S3. The highest BCUT2D eigenvalue weighted by atomic mass is 32.2. The minimum atomic E-state index is 0.920. The second-order valence-electron chi connectivity index (χ2n) is 7.15. The van der Waals surface area contributed by atoms with Gasteiger partial charge in [-0.15, -0.1) is 23.5 Å². The average molecular weight is 471 g/mol. The quantitative estimate of drug-likeness (QED) is 0.469. The molecule has 2 aliphatic heterocycles. The predicted molar refractivity (Wildman–Crippen MR) is 144 cm³/mol. The Balaban J connectivity index is 0.000000184. The van der Waals surface area contributed by atoms with Gasteiger partial charge in [-0.25, -0.2) is 4.98 Å². The zero-order valence-electron chi connectivity index (χ0n) is 18.4. The van der Waals surface area contributed by atoms with Crippen LogP contribution in [0.15, 0.2) is 58.5 Å². The summed E-state index contributed by atoms with van der Waals surface area (Å²) in [6.45, 7) is 9.22. The molecule has 3 aromatic rings. The van der Waals surface area contributed by atoms with Crippen molar-refractivity contribution in [3.8, 4) is 0 Å². The first-order chi connectivity index (χ1) is 15.1. The van der Waals surface area contributed by atoms with Crippen molar-refractivity contribution >= 4 is 60.3 Å². The average Bonchev–Trinajstić information content (AvgIpc) is 3.53. The van der Waals surface area contributed by atoms with Crippen molar-refractivity contribution < 1.29 is 0 Å². The van der Waals surface area contributed by atoms with E-state index in [1.807, 2.05) is 29.6 Å². The first kappa shape index (κ1) is 23.8. The molecule has 0 aliphatic carbocycles. The molecule has 164 valence electrons. The van der Waals surface area contributed by atoms with Crippen LogP contribution in [0.1, 0.15) is 25.0 Å². The molecule has 0 saturated carbocycles. The van der Waals surface area contributed by atoms with E-state index in [4.69, 9.17) is 0 Å². The normalized spacial score (nSPS) is 14.8. The van der Waals surface area contributed by atoms with Crippen LogP contribution in [-0.2, 0) is 6.42 Å². The van der Waals surface area contributed by atoms with Gasteiger partial charge in [0.05, 0.1) is 20.3 Å². The van der Waals surface area contributed by atoms with Gasteiger partial charge in [0.1, 0.15) is 0 Å². The number of rotatable bonds is 4. The summed E-state index contributed by atoms with van der Waals surface area (Å²) in [4.78, 5) is 12.8. The summed E-state index contributed by atoms with van der Waals surface area (Å²) < 4.78 is 1.24. The van der Waals surface area contributed by atoms with E-state index in [0.29, 0.717) is 0 Å². The Labute approximate surface area is 198 Å². The molecule has 4 nitrogen and oxygen atoms in total. The van der Waals surface area contributed by atoms with Crippen molar-refractivity contribution in [3.63, 3.8) is 0 Å². The van der Waals surface area contributed by atoms with Crippen LogP contribution in [0.4, 0.5) is 5.13 Å². The third kappa shape index (κ3) is 8.67. The lowest BCUT2D eigenvalue weighted by Crippen LogP contribution is -2.04. The van der Waals surface area contributed by atoms with Crippen LogP contribution >= 0.6 is 34.9 Å². The number of fused-ring (bicyclic) bond motifs is 1. The van der Waals surface area contributed by atoms with Crippen molar-refractivity contribution in [2.75, 3.05) is 36.5 Å². The molecule has 0 amide bonds. The van der Waals surface area contributed by atoms with Crippen LogP contribution in [0, 0.1) is 6.92 Å². The highest BCUT2D eigenvalue weighted by Crippen LogP contribution is 2.25. The molecule has 1 aromatic heterocycles. The molecule has 2 aromatic carbocycles. The first-order valence-electron chi connectivity index (χ1n) is 10.5. The summed E-state index contributed by atoms with van der Waals surface area (Å²) in [6.07, 6.45) is 1.02. The van der Waals surface area contributed by atoms with Crippen LogP contribution in [0.5, 0.6) is 0 Å². The Bertz CT molecular complexity index is 954. The molecule has 0 fully saturated rings. The van der Waals surface area contributed by atoms with Gasteiger partial charge in [0.2, 0.25) is 0 Å². The Morgan fingerprint density at radius 3 is 2.00 bits per heavy atom. The number of nitrogens with one attached hydrogen (secondary N) is 1. The maximum absolute atomic E-state index is 4.57. The van der Waals surface area contributed by atoms with Crippen molar-refractivity contribution in [2.24, 2.45) is 9.98 Å². The Morgan fingerprint density at radius 1 is 0.839 bits per heavy atom. The third-order valence-electron chi connectivity index (χ3n) is 4.58. The molecule has 0 bridgehead atoms. The van der Waals surface area contributed by atoms with E-state index in [1.54, 1.807) is 11.3 Å². The van der Waals surface area contributed by atoms with E-state index in [0.717, 1.165) is 36.7 Å². The summed E-state index contributed by atoms with van der Waals surface area (Å²) >= 11 is 5.41. The van der Waals surface area contributed by atoms with Crippen LogP contribution in [-0.4, -0.2) is 46.2 Å². The van der Waals surface area contributed by atoms with Crippen LogP contribution < -0.4 is 5.32 Å². The van der Waals surface area contributed by atoms with E-state index in [1.165, 1.54) is 37.4 Å². The van der Waals surface area contributed by atoms with Gasteiger partial charge in [0.25, 0.3) is 0 Å². The SMILES string of the molecule is CC1=NCCS1.CC1=NCCS1.Cc1ccc(CCNc2nc3ccccc3s2)cc1. The predicted octanol–water partition coefficient (Wildman–Crippen LogP) is 6.56. The molecule has 0 unspecified atom stereocenters. The standard InChI is InChI=1S/C16H16N2S.2C4H7NS/c1-12-6-8-13(9-7-12)10-11-17-16-18-14-4-2-3-5-15(14)19-16;2*1-4-5-2-3-6-4/h2-9H,10-11H2,1H3,(H,17,18);2*2-3H2,1H3. The van der Waals surface area contributed by atoms with Crippen LogP contribution in [0.25, 0.3) is 10.2 Å².